The second-order valence-electron chi connectivity index (χ2n) is 5.47. The number of carbonyl (C=O) groups excluding carboxylic acids is 1. The Bertz CT molecular complexity index is 260. The molecule has 2 saturated carbocycles. The number of amides is 1. The molecule has 0 heterocycles. The lowest BCUT2D eigenvalue weighted by atomic mass is 9.82. The van der Waals surface area contributed by atoms with Crippen LogP contribution in [-0.2, 0) is 4.79 Å². The zero-order valence-corrected chi connectivity index (χ0v) is 9.93. The van der Waals surface area contributed by atoms with Crippen LogP contribution >= 0.6 is 0 Å². The number of aliphatic hydroxyl groups is 1. The van der Waals surface area contributed by atoms with Crippen molar-refractivity contribution in [2.24, 2.45) is 17.6 Å². The summed E-state index contributed by atoms with van der Waals surface area (Å²) in [7, 11) is 1.84. The van der Waals surface area contributed by atoms with Crippen molar-refractivity contribution in [3.63, 3.8) is 0 Å². The van der Waals surface area contributed by atoms with Gasteiger partial charge in [-0.05, 0) is 37.5 Å². The molecule has 2 aliphatic carbocycles. The summed E-state index contributed by atoms with van der Waals surface area (Å²) in [4.78, 5) is 13.6. The van der Waals surface area contributed by atoms with Gasteiger partial charge in [0.25, 0.3) is 0 Å². The normalized spacial score (nSPS) is 30.7. The van der Waals surface area contributed by atoms with Crippen LogP contribution in [0, 0.1) is 11.8 Å². The minimum atomic E-state index is -0.137. The molecule has 0 bridgehead atoms. The van der Waals surface area contributed by atoms with Crippen molar-refractivity contribution < 1.29 is 9.90 Å². The van der Waals surface area contributed by atoms with Gasteiger partial charge in [-0.15, -0.1) is 0 Å². The minimum absolute atomic E-state index is 0.0573. The van der Waals surface area contributed by atoms with Gasteiger partial charge in [0, 0.05) is 26.1 Å². The van der Waals surface area contributed by atoms with E-state index in [1.54, 1.807) is 4.90 Å². The van der Waals surface area contributed by atoms with E-state index in [1.807, 2.05) is 7.05 Å². The average molecular weight is 226 g/mol. The maximum Gasteiger partial charge on any atom is 0.223 e. The zero-order chi connectivity index (χ0) is 11.7. The van der Waals surface area contributed by atoms with Gasteiger partial charge in [-0.3, -0.25) is 4.79 Å². The first-order valence-electron chi connectivity index (χ1n) is 6.24. The lowest BCUT2D eigenvalue weighted by Crippen LogP contribution is -2.41. The molecular formula is C12H22N2O2. The van der Waals surface area contributed by atoms with E-state index >= 15 is 0 Å². The largest absolute Gasteiger partial charge is 0.393 e. The number of hydrogen-bond acceptors (Lipinski definition) is 3. The van der Waals surface area contributed by atoms with Gasteiger partial charge in [0.05, 0.1) is 6.10 Å². The first-order chi connectivity index (χ1) is 7.56. The van der Waals surface area contributed by atoms with Gasteiger partial charge >= 0.3 is 0 Å². The molecule has 0 spiro atoms. The standard InChI is InChI=1S/C12H22N2O2/c1-14(7-8-4-10(15)5-8)12(16)6-11(13)9-2-3-9/h8-11,15H,2-7,13H2,1H3. The summed E-state index contributed by atoms with van der Waals surface area (Å²) >= 11 is 0. The molecule has 1 amide bonds. The van der Waals surface area contributed by atoms with E-state index in [9.17, 15) is 9.90 Å². The Hall–Kier alpha value is -0.610. The van der Waals surface area contributed by atoms with Gasteiger partial charge in [-0.2, -0.15) is 0 Å². The Kier molecular flexibility index (Phi) is 3.50. The van der Waals surface area contributed by atoms with Gasteiger partial charge in [0.2, 0.25) is 5.91 Å². The highest BCUT2D eigenvalue weighted by molar-refractivity contribution is 5.76. The third-order valence-electron chi connectivity index (χ3n) is 3.81. The predicted octanol–water partition coefficient (Wildman–Crippen LogP) is 0.343. The molecule has 4 nitrogen and oxygen atoms in total. The van der Waals surface area contributed by atoms with Gasteiger partial charge in [-0.25, -0.2) is 0 Å². The van der Waals surface area contributed by atoms with Gasteiger partial charge in [-0.1, -0.05) is 0 Å². The van der Waals surface area contributed by atoms with Crippen molar-refractivity contribution in [2.45, 2.75) is 44.2 Å². The van der Waals surface area contributed by atoms with E-state index in [1.165, 1.54) is 12.8 Å². The Balaban J connectivity index is 1.67. The smallest absolute Gasteiger partial charge is 0.223 e. The molecule has 3 N–H and O–H groups in total. The molecule has 92 valence electrons. The summed E-state index contributed by atoms with van der Waals surface area (Å²) in [6.07, 6.45) is 4.40. The molecule has 2 fully saturated rings. The Morgan fingerprint density at radius 3 is 2.62 bits per heavy atom. The topological polar surface area (TPSA) is 66.6 Å². The number of rotatable bonds is 5. The lowest BCUT2D eigenvalue weighted by Gasteiger charge is -2.34. The van der Waals surface area contributed by atoms with Crippen LogP contribution < -0.4 is 5.73 Å². The van der Waals surface area contributed by atoms with E-state index in [-0.39, 0.29) is 18.1 Å². The van der Waals surface area contributed by atoms with Gasteiger partial charge < -0.3 is 15.7 Å². The Labute approximate surface area is 96.8 Å². The van der Waals surface area contributed by atoms with E-state index < -0.39 is 0 Å². The first-order valence-corrected chi connectivity index (χ1v) is 6.24. The highest BCUT2D eigenvalue weighted by atomic mass is 16.3. The summed E-state index contributed by atoms with van der Waals surface area (Å²) in [6, 6.07) is 0.0573. The van der Waals surface area contributed by atoms with Crippen LogP contribution in [0.3, 0.4) is 0 Å². The number of aliphatic hydroxyl groups excluding tert-OH is 1. The summed E-state index contributed by atoms with van der Waals surface area (Å²) < 4.78 is 0. The van der Waals surface area contributed by atoms with Crippen LogP contribution in [0.15, 0.2) is 0 Å². The number of hydrogen-bond donors (Lipinski definition) is 2. The Morgan fingerprint density at radius 2 is 2.12 bits per heavy atom. The maximum absolute atomic E-state index is 11.8. The molecule has 2 rings (SSSR count). The molecule has 0 saturated heterocycles. The van der Waals surface area contributed by atoms with Crippen LogP contribution in [-0.4, -0.2) is 41.7 Å². The fourth-order valence-electron chi connectivity index (χ4n) is 2.39. The molecular weight excluding hydrogens is 204 g/mol. The molecule has 1 atom stereocenters. The molecule has 0 radical (unpaired) electrons. The molecule has 0 aliphatic heterocycles. The van der Waals surface area contributed by atoms with E-state index in [4.69, 9.17) is 5.73 Å². The van der Waals surface area contributed by atoms with Crippen LogP contribution in [0.25, 0.3) is 0 Å². The molecule has 0 aromatic heterocycles. The fourth-order valence-corrected chi connectivity index (χ4v) is 2.39. The number of nitrogens with zero attached hydrogens (tertiary/aromatic N) is 1. The lowest BCUT2D eigenvalue weighted by molar-refractivity contribution is -0.132. The van der Waals surface area contributed by atoms with Crippen molar-refractivity contribution in [3.05, 3.63) is 0 Å². The van der Waals surface area contributed by atoms with Crippen LogP contribution in [0.4, 0.5) is 0 Å². The van der Waals surface area contributed by atoms with Crippen LogP contribution in [0.2, 0.25) is 0 Å². The minimum Gasteiger partial charge on any atom is -0.393 e. The van der Waals surface area contributed by atoms with Gasteiger partial charge in [0.1, 0.15) is 0 Å². The molecule has 2 aliphatic rings. The van der Waals surface area contributed by atoms with Crippen LogP contribution in [0.5, 0.6) is 0 Å². The van der Waals surface area contributed by atoms with E-state index in [0.717, 1.165) is 19.4 Å². The SMILES string of the molecule is CN(CC1CC(O)C1)C(=O)CC(N)C1CC1. The van der Waals surface area contributed by atoms with Crippen molar-refractivity contribution in [1.29, 1.82) is 0 Å². The molecule has 4 heteroatoms. The summed E-state index contributed by atoms with van der Waals surface area (Å²) in [5, 5.41) is 9.17. The summed E-state index contributed by atoms with van der Waals surface area (Å²) in [5.74, 6) is 1.23. The maximum atomic E-state index is 11.8. The molecule has 0 aromatic carbocycles. The highest BCUT2D eigenvalue weighted by Crippen LogP contribution is 2.33. The summed E-state index contributed by atoms with van der Waals surface area (Å²) in [6.45, 7) is 0.771. The van der Waals surface area contributed by atoms with Crippen molar-refractivity contribution >= 4 is 5.91 Å². The highest BCUT2D eigenvalue weighted by Gasteiger charge is 2.32. The third kappa shape index (κ3) is 2.95. The zero-order valence-electron chi connectivity index (χ0n) is 9.93. The van der Waals surface area contributed by atoms with E-state index in [2.05, 4.69) is 0 Å². The quantitative estimate of drug-likeness (QED) is 0.710. The van der Waals surface area contributed by atoms with Gasteiger partial charge in [0.15, 0.2) is 0 Å². The fraction of sp³-hybridized carbons (Fsp3) is 0.917. The monoisotopic (exact) mass is 226 g/mol. The molecule has 16 heavy (non-hydrogen) atoms. The number of carbonyl (C=O) groups is 1. The third-order valence-corrected chi connectivity index (χ3v) is 3.81. The average Bonchev–Trinajstić information content (AvgIpc) is 2.97. The first kappa shape index (κ1) is 11.9. The van der Waals surface area contributed by atoms with Crippen molar-refractivity contribution in [2.75, 3.05) is 13.6 Å². The Morgan fingerprint density at radius 1 is 1.50 bits per heavy atom. The molecule has 0 aromatic rings. The van der Waals surface area contributed by atoms with Crippen LogP contribution in [0.1, 0.15) is 32.1 Å². The summed E-state index contributed by atoms with van der Waals surface area (Å²) in [5.41, 5.74) is 5.93. The predicted molar refractivity (Wildman–Crippen MR) is 61.7 cm³/mol. The van der Waals surface area contributed by atoms with Crippen molar-refractivity contribution in [1.82, 2.24) is 4.90 Å². The number of nitrogens with two attached hydrogens (primary N) is 1. The second-order valence-corrected chi connectivity index (χ2v) is 5.47. The van der Waals surface area contributed by atoms with Crippen molar-refractivity contribution in [3.8, 4) is 0 Å². The second kappa shape index (κ2) is 4.72. The van der Waals surface area contributed by atoms with E-state index in [0.29, 0.717) is 18.3 Å². The molecule has 1 unspecified atom stereocenters.